The van der Waals surface area contributed by atoms with Crippen molar-refractivity contribution >= 4 is 56.1 Å². The molecule has 3 rings (SSSR count). The molecule has 0 spiro atoms. The van der Waals surface area contributed by atoms with Crippen molar-refractivity contribution in [1.29, 1.82) is 0 Å². The molecule has 80 valence electrons. The van der Waals surface area contributed by atoms with Gasteiger partial charge in [0.25, 0.3) is 5.56 Å². The van der Waals surface area contributed by atoms with E-state index in [0.29, 0.717) is 21.7 Å². The molecule has 0 atom stereocenters. The fourth-order valence-corrected chi connectivity index (χ4v) is 3.49. The van der Waals surface area contributed by atoms with Crippen molar-refractivity contribution < 1.29 is 0 Å². The third-order valence-electron chi connectivity index (χ3n) is 2.41. The molecule has 3 heterocycles. The van der Waals surface area contributed by atoms with Gasteiger partial charge in [0, 0.05) is 38.7 Å². The van der Waals surface area contributed by atoms with E-state index in [1.807, 2.05) is 0 Å². The Morgan fingerprint density at radius 3 is 2.38 bits per heavy atom. The van der Waals surface area contributed by atoms with Crippen LogP contribution in [0.5, 0.6) is 0 Å². The Hall–Kier alpha value is -1.17. The number of halogens is 1. The van der Waals surface area contributed by atoms with Crippen molar-refractivity contribution in [3.05, 3.63) is 42.1 Å². The molecule has 3 aromatic rings. The van der Waals surface area contributed by atoms with Gasteiger partial charge in [0.05, 0.1) is 16.3 Å². The molecule has 0 saturated carbocycles. The Morgan fingerprint density at radius 1 is 0.938 bits per heavy atom. The topological polar surface area (TPSA) is 39.1 Å². The second-order valence-electron chi connectivity index (χ2n) is 3.28. The van der Waals surface area contributed by atoms with Gasteiger partial charge in [-0.25, -0.2) is 4.09 Å². The van der Waals surface area contributed by atoms with Crippen molar-refractivity contribution in [2.24, 2.45) is 0 Å². The summed E-state index contributed by atoms with van der Waals surface area (Å²) >= 11 is 8.62. The van der Waals surface area contributed by atoms with Gasteiger partial charge in [0.1, 0.15) is 0 Å². The lowest BCUT2D eigenvalue weighted by Gasteiger charge is -1.87. The van der Waals surface area contributed by atoms with Crippen LogP contribution >= 0.6 is 34.5 Å². The molecule has 0 N–H and O–H groups in total. The third-order valence-corrected chi connectivity index (χ3v) is 4.22. The maximum absolute atomic E-state index is 12.1. The zero-order valence-electron chi connectivity index (χ0n) is 7.77. The van der Waals surface area contributed by atoms with E-state index in [2.05, 4.69) is 0 Å². The average Bonchev–Trinajstić information content (AvgIpc) is 2.92. The van der Waals surface area contributed by atoms with Gasteiger partial charge in [-0.05, 0) is 0 Å². The first-order valence-corrected chi connectivity index (χ1v) is 6.60. The summed E-state index contributed by atoms with van der Waals surface area (Å²) in [4.78, 5) is 24.1. The second kappa shape index (κ2) is 3.41. The van der Waals surface area contributed by atoms with E-state index in [4.69, 9.17) is 11.8 Å². The van der Waals surface area contributed by atoms with Crippen LogP contribution in [0, 0.1) is 0 Å². The number of aromatic nitrogens is 1. The van der Waals surface area contributed by atoms with Crippen LogP contribution in [-0.4, -0.2) is 4.09 Å². The van der Waals surface area contributed by atoms with Crippen molar-refractivity contribution in [3.8, 4) is 0 Å². The molecule has 0 radical (unpaired) electrons. The minimum Gasteiger partial charge on any atom is -0.288 e. The van der Waals surface area contributed by atoms with Crippen LogP contribution in [0.4, 0.5) is 0 Å². The average molecular weight is 270 g/mol. The molecule has 0 aliphatic rings. The Morgan fingerprint density at radius 2 is 1.56 bits per heavy atom. The molecule has 0 aliphatic carbocycles. The van der Waals surface area contributed by atoms with Gasteiger partial charge in [0.15, 0.2) is 5.43 Å². The van der Waals surface area contributed by atoms with E-state index >= 15 is 0 Å². The predicted octanol–water partition coefficient (Wildman–Crippen LogP) is 2.64. The first-order chi connectivity index (χ1) is 7.70. The number of hydrogen-bond acceptors (Lipinski definition) is 4. The van der Waals surface area contributed by atoms with Crippen molar-refractivity contribution in [3.63, 3.8) is 0 Å². The van der Waals surface area contributed by atoms with Crippen LogP contribution in [0.1, 0.15) is 0 Å². The summed E-state index contributed by atoms with van der Waals surface area (Å²) in [5.41, 5.74) is -0.00437. The zero-order valence-corrected chi connectivity index (χ0v) is 10.2. The Balaban J connectivity index is 2.87. The van der Waals surface area contributed by atoms with Crippen LogP contribution in [0.2, 0.25) is 0 Å². The van der Waals surface area contributed by atoms with E-state index in [1.54, 1.807) is 21.5 Å². The molecule has 0 aliphatic heterocycles. The summed E-state index contributed by atoms with van der Waals surface area (Å²) in [6, 6.07) is 0. The fraction of sp³-hybridized carbons (Fsp3) is 0. The lowest BCUT2D eigenvalue weighted by molar-refractivity contribution is 1.24. The quantitative estimate of drug-likeness (QED) is 0.629. The van der Waals surface area contributed by atoms with Crippen LogP contribution < -0.4 is 11.0 Å². The summed E-state index contributed by atoms with van der Waals surface area (Å²) in [6.07, 6.45) is 0. The van der Waals surface area contributed by atoms with Gasteiger partial charge in [-0.2, -0.15) is 11.3 Å². The number of thiophene rings is 2. The molecule has 0 unspecified atom stereocenters. The van der Waals surface area contributed by atoms with Gasteiger partial charge in [0.2, 0.25) is 0 Å². The maximum Gasteiger partial charge on any atom is 0.274 e. The fourth-order valence-electron chi connectivity index (χ4n) is 1.61. The predicted molar refractivity (Wildman–Crippen MR) is 69.0 cm³/mol. The van der Waals surface area contributed by atoms with Crippen LogP contribution in [0.15, 0.2) is 31.1 Å². The normalized spacial score (nSPS) is 11.3. The molecule has 0 bridgehead atoms. The summed E-state index contributed by atoms with van der Waals surface area (Å²) in [6.45, 7) is 0. The lowest BCUT2D eigenvalue weighted by atomic mass is 10.2. The number of rotatable bonds is 0. The van der Waals surface area contributed by atoms with E-state index < -0.39 is 0 Å². The van der Waals surface area contributed by atoms with Crippen LogP contribution in [0.25, 0.3) is 21.7 Å². The highest BCUT2D eigenvalue weighted by Gasteiger charge is 2.10. The Bertz CT molecular complexity index is 815. The maximum atomic E-state index is 12.1. The highest BCUT2D eigenvalue weighted by molar-refractivity contribution is 7.09. The summed E-state index contributed by atoms with van der Waals surface area (Å²) < 4.78 is 1.02. The van der Waals surface area contributed by atoms with Gasteiger partial charge in [-0.15, -0.1) is 11.3 Å². The van der Waals surface area contributed by atoms with E-state index in [0.717, 1.165) is 4.09 Å². The molecule has 3 nitrogen and oxygen atoms in total. The smallest absolute Gasteiger partial charge is 0.274 e. The first-order valence-electron chi connectivity index (χ1n) is 4.37. The third kappa shape index (κ3) is 1.19. The number of fused-ring (bicyclic) bond motifs is 2. The molecule has 6 heteroatoms. The van der Waals surface area contributed by atoms with Crippen LogP contribution in [-0.2, 0) is 0 Å². The highest BCUT2D eigenvalue weighted by atomic mass is 35.5. The molecular weight excluding hydrogens is 266 g/mol. The van der Waals surface area contributed by atoms with E-state index in [-0.39, 0.29) is 11.0 Å². The molecule has 0 aromatic carbocycles. The zero-order chi connectivity index (χ0) is 11.3. The minimum absolute atomic E-state index is 0.135. The lowest BCUT2D eigenvalue weighted by Crippen LogP contribution is -2.08. The first kappa shape index (κ1) is 10.0. The van der Waals surface area contributed by atoms with Crippen molar-refractivity contribution in [2.45, 2.75) is 0 Å². The van der Waals surface area contributed by atoms with Crippen molar-refractivity contribution in [1.82, 2.24) is 4.09 Å². The van der Waals surface area contributed by atoms with Gasteiger partial charge < -0.3 is 0 Å². The van der Waals surface area contributed by atoms with Gasteiger partial charge in [-0.1, -0.05) is 0 Å². The minimum atomic E-state index is -0.344. The molecule has 3 aromatic heterocycles. The summed E-state index contributed by atoms with van der Waals surface area (Å²) in [5, 5.41) is 8.07. The largest absolute Gasteiger partial charge is 0.288 e. The van der Waals surface area contributed by atoms with E-state index in [9.17, 15) is 9.59 Å². The van der Waals surface area contributed by atoms with Gasteiger partial charge >= 0.3 is 0 Å². The molecule has 16 heavy (non-hydrogen) atoms. The standard InChI is InChI=1S/C10H4ClNO2S2/c11-12-8-4-16-3-7(8)9(13)5-1-15-2-6(5)10(12)14/h1-4H. The van der Waals surface area contributed by atoms with Crippen molar-refractivity contribution in [2.75, 3.05) is 0 Å². The molecular formula is C10H4ClNO2S2. The molecule has 0 saturated heterocycles. The monoisotopic (exact) mass is 269 g/mol. The molecule has 0 fully saturated rings. The second-order valence-corrected chi connectivity index (χ2v) is 5.11. The number of hydrogen-bond donors (Lipinski definition) is 0. The number of nitrogens with zero attached hydrogens (tertiary/aromatic N) is 1. The summed E-state index contributed by atoms with van der Waals surface area (Å²) in [5.74, 6) is 0. The Kier molecular flexibility index (Phi) is 2.14. The highest BCUT2D eigenvalue weighted by Crippen LogP contribution is 2.18. The Labute approximate surface area is 102 Å². The van der Waals surface area contributed by atoms with Gasteiger partial charge in [-0.3, -0.25) is 9.59 Å². The SMILES string of the molecule is O=c1c2cscc2c(=O)n(Cl)c2cscc12. The van der Waals surface area contributed by atoms with E-state index in [1.165, 1.54) is 22.7 Å². The summed E-state index contributed by atoms with van der Waals surface area (Å²) in [7, 11) is 0. The van der Waals surface area contributed by atoms with Crippen LogP contribution in [0.3, 0.4) is 0 Å². The molecule has 0 amide bonds.